The fourth-order valence-electron chi connectivity index (χ4n) is 2.67. The lowest BCUT2D eigenvalue weighted by molar-refractivity contribution is -0.132. The summed E-state index contributed by atoms with van der Waals surface area (Å²) < 4.78 is 5.21. The van der Waals surface area contributed by atoms with E-state index in [0.29, 0.717) is 25.9 Å². The van der Waals surface area contributed by atoms with E-state index in [1.165, 1.54) is 0 Å². The fraction of sp³-hybridized carbons (Fsp3) is 0.294. The second kappa shape index (κ2) is 6.47. The van der Waals surface area contributed by atoms with Crippen molar-refractivity contribution in [1.82, 2.24) is 5.32 Å². The second-order valence-electron chi connectivity index (χ2n) is 5.29. The van der Waals surface area contributed by atoms with E-state index in [9.17, 15) is 9.59 Å². The molecule has 3 rings (SSSR count). The largest absolute Gasteiger partial charge is 0.469 e. The molecule has 114 valence electrons. The highest BCUT2D eigenvalue weighted by molar-refractivity contribution is 6.09. The van der Waals surface area contributed by atoms with Crippen molar-refractivity contribution in [3.05, 3.63) is 54.5 Å². The summed E-state index contributed by atoms with van der Waals surface area (Å²) in [4.78, 5) is 26.2. The maximum atomic E-state index is 12.4. The van der Waals surface area contributed by atoms with Crippen LogP contribution in [-0.2, 0) is 16.0 Å². The lowest BCUT2D eigenvalue weighted by Crippen LogP contribution is -2.37. The number of anilines is 1. The minimum Gasteiger partial charge on any atom is -0.469 e. The van der Waals surface area contributed by atoms with Crippen molar-refractivity contribution in [2.75, 3.05) is 18.0 Å². The van der Waals surface area contributed by atoms with Gasteiger partial charge in [-0.2, -0.15) is 0 Å². The Morgan fingerprint density at radius 2 is 2.05 bits per heavy atom. The van der Waals surface area contributed by atoms with Crippen LogP contribution in [0.1, 0.15) is 12.2 Å². The third kappa shape index (κ3) is 3.03. The smallest absolute Gasteiger partial charge is 0.239 e. The average Bonchev–Trinajstić information content (AvgIpc) is 3.18. The molecule has 1 unspecified atom stereocenters. The van der Waals surface area contributed by atoms with Crippen molar-refractivity contribution in [2.24, 2.45) is 5.92 Å². The summed E-state index contributed by atoms with van der Waals surface area (Å²) in [6.45, 7) is 1.06. The van der Waals surface area contributed by atoms with Gasteiger partial charge in [-0.05, 0) is 30.7 Å². The van der Waals surface area contributed by atoms with E-state index < -0.39 is 5.92 Å². The topological polar surface area (TPSA) is 62.6 Å². The summed E-state index contributed by atoms with van der Waals surface area (Å²) in [6, 6.07) is 13.1. The lowest BCUT2D eigenvalue weighted by Gasteiger charge is -2.16. The number of rotatable bonds is 5. The Morgan fingerprint density at radius 3 is 2.77 bits per heavy atom. The van der Waals surface area contributed by atoms with Crippen LogP contribution in [0.5, 0.6) is 0 Å². The van der Waals surface area contributed by atoms with Crippen LogP contribution in [0.25, 0.3) is 0 Å². The molecule has 2 aromatic rings. The molecule has 1 aliphatic heterocycles. The van der Waals surface area contributed by atoms with Crippen molar-refractivity contribution in [1.29, 1.82) is 0 Å². The van der Waals surface area contributed by atoms with Crippen LogP contribution in [0.3, 0.4) is 0 Å². The molecule has 1 aliphatic rings. The number of amides is 2. The Morgan fingerprint density at radius 1 is 1.23 bits per heavy atom. The van der Waals surface area contributed by atoms with Gasteiger partial charge in [0, 0.05) is 25.2 Å². The molecule has 5 nitrogen and oxygen atoms in total. The molecule has 1 saturated heterocycles. The van der Waals surface area contributed by atoms with E-state index in [1.807, 2.05) is 42.5 Å². The molecular weight excluding hydrogens is 280 g/mol. The summed E-state index contributed by atoms with van der Waals surface area (Å²) in [5, 5.41) is 2.82. The van der Waals surface area contributed by atoms with Gasteiger partial charge in [0.2, 0.25) is 11.8 Å². The van der Waals surface area contributed by atoms with Gasteiger partial charge in [-0.15, -0.1) is 0 Å². The van der Waals surface area contributed by atoms with Gasteiger partial charge >= 0.3 is 0 Å². The molecular formula is C17H18N2O3. The normalized spacial score (nSPS) is 17.7. The number of nitrogens with one attached hydrogen (secondary N) is 1. The highest BCUT2D eigenvalue weighted by Crippen LogP contribution is 2.24. The van der Waals surface area contributed by atoms with Crippen LogP contribution >= 0.6 is 0 Å². The molecule has 1 N–H and O–H groups in total. The van der Waals surface area contributed by atoms with E-state index in [4.69, 9.17) is 4.42 Å². The second-order valence-corrected chi connectivity index (χ2v) is 5.29. The summed E-state index contributed by atoms with van der Waals surface area (Å²) in [5.74, 6) is -0.0857. The van der Waals surface area contributed by atoms with Crippen LogP contribution in [0.4, 0.5) is 5.69 Å². The Labute approximate surface area is 128 Å². The first-order valence-corrected chi connectivity index (χ1v) is 7.42. The highest BCUT2D eigenvalue weighted by atomic mass is 16.3. The molecule has 0 spiro atoms. The van der Waals surface area contributed by atoms with Gasteiger partial charge in [0.15, 0.2) is 0 Å². The SMILES string of the molecule is O=C(NCCc1ccco1)C1CCN(c2ccccc2)C1=O. The summed E-state index contributed by atoms with van der Waals surface area (Å²) in [6.07, 6.45) is 2.79. The average molecular weight is 298 g/mol. The molecule has 1 aromatic heterocycles. The van der Waals surface area contributed by atoms with Crippen LogP contribution in [0.15, 0.2) is 53.1 Å². The quantitative estimate of drug-likeness (QED) is 0.859. The van der Waals surface area contributed by atoms with Gasteiger partial charge in [-0.25, -0.2) is 0 Å². The van der Waals surface area contributed by atoms with Gasteiger partial charge < -0.3 is 14.6 Å². The minimum atomic E-state index is -0.586. The van der Waals surface area contributed by atoms with E-state index in [2.05, 4.69) is 5.32 Å². The third-order valence-electron chi connectivity index (χ3n) is 3.84. The Balaban J connectivity index is 1.54. The van der Waals surface area contributed by atoms with Crippen LogP contribution < -0.4 is 10.2 Å². The molecule has 22 heavy (non-hydrogen) atoms. The zero-order valence-electron chi connectivity index (χ0n) is 12.2. The first-order chi connectivity index (χ1) is 10.8. The number of benzene rings is 1. The molecule has 0 saturated carbocycles. The molecule has 1 fully saturated rings. The first kappa shape index (κ1) is 14.4. The summed E-state index contributed by atoms with van der Waals surface area (Å²) in [7, 11) is 0. The highest BCUT2D eigenvalue weighted by Gasteiger charge is 2.37. The Hall–Kier alpha value is -2.56. The predicted octanol–water partition coefficient (Wildman–Crippen LogP) is 1.99. The van der Waals surface area contributed by atoms with Crippen LogP contribution in [-0.4, -0.2) is 24.9 Å². The fourth-order valence-corrected chi connectivity index (χ4v) is 2.67. The third-order valence-corrected chi connectivity index (χ3v) is 3.84. The number of hydrogen-bond acceptors (Lipinski definition) is 3. The maximum absolute atomic E-state index is 12.4. The molecule has 0 radical (unpaired) electrons. The van der Waals surface area contributed by atoms with E-state index in [1.54, 1.807) is 11.2 Å². The van der Waals surface area contributed by atoms with E-state index in [0.717, 1.165) is 11.4 Å². The minimum absolute atomic E-state index is 0.123. The van der Waals surface area contributed by atoms with Gasteiger partial charge in [-0.1, -0.05) is 18.2 Å². The molecule has 0 aliphatic carbocycles. The molecule has 0 bridgehead atoms. The number of furan rings is 1. The number of nitrogens with zero attached hydrogens (tertiary/aromatic N) is 1. The van der Waals surface area contributed by atoms with Crippen molar-refractivity contribution >= 4 is 17.5 Å². The van der Waals surface area contributed by atoms with Crippen molar-refractivity contribution in [2.45, 2.75) is 12.8 Å². The Kier molecular flexibility index (Phi) is 4.23. The van der Waals surface area contributed by atoms with E-state index in [-0.39, 0.29) is 11.8 Å². The zero-order valence-corrected chi connectivity index (χ0v) is 12.2. The first-order valence-electron chi connectivity index (χ1n) is 7.42. The Bertz CT molecular complexity index is 637. The molecule has 5 heteroatoms. The van der Waals surface area contributed by atoms with Gasteiger partial charge in [0.1, 0.15) is 11.7 Å². The predicted molar refractivity (Wildman–Crippen MR) is 82.3 cm³/mol. The molecule has 1 atom stereocenters. The molecule has 2 amide bonds. The van der Waals surface area contributed by atoms with Gasteiger partial charge in [0.25, 0.3) is 0 Å². The van der Waals surface area contributed by atoms with Crippen LogP contribution in [0.2, 0.25) is 0 Å². The van der Waals surface area contributed by atoms with Gasteiger partial charge in [-0.3, -0.25) is 9.59 Å². The van der Waals surface area contributed by atoms with Gasteiger partial charge in [0.05, 0.1) is 6.26 Å². The molecule has 2 heterocycles. The summed E-state index contributed by atoms with van der Waals surface area (Å²) in [5.41, 5.74) is 0.846. The maximum Gasteiger partial charge on any atom is 0.239 e. The lowest BCUT2D eigenvalue weighted by atomic mass is 10.1. The monoisotopic (exact) mass is 298 g/mol. The van der Waals surface area contributed by atoms with E-state index >= 15 is 0 Å². The number of carbonyl (C=O) groups excluding carboxylic acids is 2. The standard InChI is InChI=1S/C17H18N2O3/c20-16(18-10-8-14-7-4-12-22-14)15-9-11-19(17(15)21)13-5-2-1-3-6-13/h1-7,12,15H,8-11H2,(H,18,20). The van der Waals surface area contributed by atoms with Crippen LogP contribution in [0, 0.1) is 5.92 Å². The van der Waals surface area contributed by atoms with Crippen molar-refractivity contribution in [3.8, 4) is 0 Å². The van der Waals surface area contributed by atoms with Crippen molar-refractivity contribution in [3.63, 3.8) is 0 Å². The summed E-state index contributed by atoms with van der Waals surface area (Å²) >= 11 is 0. The molecule has 1 aromatic carbocycles. The van der Waals surface area contributed by atoms with Crippen molar-refractivity contribution < 1.29 is 14.0 Å². The number of carbonyl (C=O) groups is 2. The number of hydrogen-bond donors (Lipinski definition) is 1. The number of para-hydroxylation sites is 1. The zero-order chi connectivity index (χ0) is 15.4.